The van der Waals surface area contributed by atoms with Gasteiger partial charge in [0, 0.05) is 31.9 Å². The van der Waals surface area contributed by atoms with E-state index in [2.05, 4.69) is 5.32 Å². The van der Waals surface area contributed by atoms with E-state index >= 15 is 0 Å². The first-order valence-electron chi connectivity index (χ1n) is 9.57. The van der Waals surface area contributed by atoms with Crippen LogP contribution in [0.1, 0.15) is 12.5 Å². The summed E-state index contributed by atoms with van der Waals surface area (Å²) >= 11 is 5.41. The number of ether oxygens (including phenoxy) is 1. The summed E-state index contributed by atoms with van der Waals surface area (Å²) in [5.74, 6) is 0.743. The highest BCUT2D eigenvalue weighted by atomic mass is 32.2. The molecule has 2 aromatic rings. The third-order valence-electron chi connectivity index (χ3n) is 4.74. The Morgan fingerprint density at radius 3 is 2.32 bits per heavy atom. The zero-order valence-electron chi connectivity index (χ0n) is 16.7. The van der Waals surface area contributed by atoms with Crippen molar-refractivity contribution >= 4 is 33.0 Å². The smallest absolute Gasteiger partial charge is 0.416 e. The summed E-state index contributed by atoms with van der Waals surface area (Å²) in [7, 11) is -4.03. The number of nitrogens with one attached hydrogen (secondary N) is 1. The molecular weight excluding hydrogens is 451 g/mol. The van der Waals surface area contributed by atoms with Crippen LogP contribution in [0.25, 0.3) is 0 Å². The zero-order chi connectivity index (χ0) is 22.6. The van der Waals surface area contributed by atoms with Gasteiger partial charge in [0.1, 0.15) is 5.75 Å². The lowest BCUT2D eigenvalue weighted by atomic mass is 10.2. The van der Waals surface area contributed by atoms with Gasteiger partial charge in [0.2, 0.25) is 10.0 Å². The van der Waals surface area contributed by atoms with Gasteiger partial charge in [0.05, 0.1) is 17.1 Å². The number of rotatable bonds is 5. The van der Waals surface area contributed by atoms with Gasteiger partial charge in [-0.25, -0.2) is 8.42 Å². The summed E-state index contributed by atoms with van der Waals surface area (Å²) in [6.45, 7) is 3.34. The van der Waals surface area contributed by atoms with E-state index in [-0.39, 0.29) is 18.0 Å². The molecule has 0 amide bonds. The van der Waals surface area contributed by atoms with E-state index in [1.54, 1.807) is 0 Å². The molecular formula is C20H22F3N3O3S2. The highest BCUT2D eigenvalue weighted by Crippen LogP contribution is 2.31. The Hall–Kier alpha value is -2.37. The molecule has 1 fully saturated rings. The highest BCUT2D eigenvalue weighted by Gasteiger charge is 2.34. The molecule has 0 aromatic heterocycles. The molecule has 0 saturated carbocycles. The number of hydrogen-bond acceptors (Lipinski definition) is 4. The lowest BCUT2D eigenvalue weighted by Gasteiger charge is -2.35. The van der Waals surface area contributed by atoms with Crippen molar-refractivity contribution in [2.24, 2.45) is 0 Å². The molecule has 0 aliphatic carbocycles. The first-order valence-corrected chi connectivity index (χ1v) is 11.4. The maximum absolute atomic E-state index is 12.9. The lowest BCUT2D eigenvalue weighted by molar-refractivity contribution is -0.137. The normalized spacial score (nSPS) is 15.5. The van der Waals surface area contributed by atoms with Crippen molar-refractivity contribution in [2.75, 3.05) is 38.1 Å². The van der Waals surface area contributed by atoms with Crippen LogP contribution in [-0.4, -0.2) is 55.5 Å². The molecule has 6 nitrogen and oxygen atoms in total. The Morgan fingerprint density at radius 1 is 1.10 bits per heavy atom. The van der Waals surface area contributed by atoms with Crippen LogP contribution in [0.15, 0.2) is 53.4 Å². The lowest BCUT2D eigenvalue weighted by Crippen LogP contribution is -2.51. The number of thiocarbonyl (C=S) groups is 1. The molecule has 1 N–H and O–H groups in total. The maximum Gasteiger partial charge on any atom is 0.416 e. The summed E-state index contributed by atoms with van der Waals surface area (Å²) in [6, 6.07) is 11.1. The van der Waals surface area contributed by atoms with E-state index in [9.17, 15) is 21.6 Å². The quantitative estimate of drug-likeness (QED) is 0.667. The molecule has 168 valence electrons. The molecule has 1 aliphatic heterocycles. The van der Waals surface area contributed by atoms with Crippen LogP contribution in [-0.2, 0) is 16.2 Å². The van der Waals surface area contributed by atoms with Gasteiger partial charge in [-0.05, 0) is 61.6 Å². The minimum Gasteiger partial charge on any atom is -0.494 e. The van der Waals surface area contributed by atoms with Crippen molar-refractivity contribution in [1.29, 1.82) is 0 Å². The Balaban J connectivity index is 1.61. The van der Waals surface area contributed by atoms with Crippen molar-refractivity contribution < 1.29 is 26.3 Å². The van der Waals surface area contributed by atoms with Gasteiger partial charge in [0.25, 0.3) is 0 Å². The van der Waals surface area contributed by atoms with Crippen LogP contribution < -0.4 is 10.1 Å². The molecule has 0 unspecified atom stereocenters. The second-order valence-corrected chi connectivity index (χ2v) is 9.13. The molecule has 0 atom stereocenters. The zero-order valence-corrected chi connectivity index (χ0v) is 18.4. The third kappa shape index (κ3) is 5.66. The largest absolute Gasteiger partial charge is 0.494 e. The molecule has 31 heavy (non-hydrogen) atoms. The fourth-order valence-corrected chi connectivity index (χ4v) is 4.89. The first kappa shape index (κ1) is 23.3. The SMILES string of the molecule is CCOc1ccc(NC(=S)N2CCN(S(=O)(=O)c3cccc(C(F)(F)F)c3)CC2)cc1. The minimum atomic E-state index is -4.61. The van der Waals surface area contributed by atoms with E-state index in [1.165, 1.54) is 10.4 Å². The predicted molar refractivity (Wildman–Crippen MR) is 116 cm³/mol. The summed E-state index contributed by atoms with van der Waals surface area (Å²) in [4.78, 5) is 1.45. The molecule has 2 aromatic carbocycles. The summed E-state index contributed by atoms with van der Waals surface area (Å²) in [5.41, 5.74) is -0.222. The van der Waals surface area contributed by atoms with Crippen molar-refractivity contribution in [1.82, 2.24) is 9.21 Å². The van der Waals surface area contributed by atoms with Gasteiger partial charge in [0.15, 0.2) is 5.11 Å². The van der Waals surface area contributed by atoms with Gasteiger partial charge in [-0.2, -0.15) is 17.5 Å². The highest BCUT2D eigenvalue weighted by molar-refractivity contribution is 7.89. The third-order valence-corrected chi connectivity index (χ3v) is 7.00. The molecule has 1 aliphatic rings. The molecule has 3 rings (SSSR count). The predicted octanol–water partition coefficient (Wildman–Crippen LogP) is 3.81. The minimum absolute atomic E-state index is 0.115. The van der Waals surface area contributed by atoms with Crippen molar-refractivity contribution in [3.63, 3.8) is 0 Å². The van der Waals surface area contributed by atoms with Crippen molar-refractivity contribution in [3.8, 4) is 5.75 Å². The van der Waals surface area contributed by atoms with Crippen LogP contribution in [0.5, 0.6) is 5.75 Å². The first-order chi connectivity index (χ1) is 14.6. The van der Waals surface area contributed by atoms with Crippen LogP contribution in [0.4, 0.5) is 18.9 Å². The summed E-state index contributed by atoms with van der Waals surface area (Å²) in [6.07, 6.45) is -4.61. The van der Waals surface area contributed by atoms with Gasteiger partial charge >= 0.3 is 6.18 Å². The maximum atomic E-state index is 12.9. The van der Waals surface area contributed by atoms with Crippen molar-refractivity contribution in [2.45, 2.75) is 18.0 Å². The van der Waals surface area contributed by atoms with Gasteiger partial charge in [-0.3, -0.25) is 0 Å². The average molecular weight is 474 g/mol. The van der Waals surface area contributed by atoms with E-state index in [0.29, 0.717) is 30.9 Å². The monoisotopic (exact) mass is 473 g/mol. The number of sulfonamides is 1. The van der Waals surface area contributed by atoms with Crippen LogP contribution in [0, 0.1) is 0 Å². The second-order valence-electron chi connectivity index (χ2n) is 6.80. The molecule has 0 bridgehead atoms. The van der Waals surface area contributed by atoms with Crippen molar-refractivity contribution in [3.05, 3.63) is 54.1 Å². The van der Waals surface area contributed by atoms with E-state index in [4.69, 9.17) is 17.0 Å². The Labute approximate surface area is 184 Å². The molecule has 0 radical (unpaired) electrons. The summed E-state index contributed by atoms with van der Waals surface area (Å²) < 4.78 is 71.0. The molecule has 0 spiro atoms. The topological polar surface area (TPSA) is 61.9 Å². The number of piperazine rings is 1. The van der Waals surface area contributed by atoms with Gasteiger partial charge < -0.3 is 15.0 Å². The van der Waals surface area contributed by atoms with Crippen LogP contribution in [0.2, 0.25) is 0 Å². The number of anilines is 1. The molecule has 1 heterocycles. The van der Waals surface area contributed by atoms with E-state index in [1.807, 2.05) is 36.1 Å². The standard InChI is InChI=1S/C20H22F3N3O3S2/c1-2-29-17-8-6-16(7-9-17)24-19(30)25-10-12-26(13-11-25)31(27,28)18-5-3-4-15(14-18)20(21,22)23/h3-9,14H,2,10-13H2,1H3,(H,24,30). The van der Waals surface area contributed by atoms with Gasteiger partial charge in [-0.15, -0.1) is 0 Å². The molecule has 11 heteroatoms. The van der Waals surface area contributed by atoms with Crippen LogP contribution in [0.3, 0.4) is 0 Å². The second kappa shape index (κ2) is 9.41. The molecule has 1 saturated heterocycles. The number of hydrogen-bond donors (Lipinski definition) is 1. The average Bonchev–Trinajstić information content (AvgIpc) is 2.75. The Kier molecular flexibility index (Phi) is 7.07. The van der Waals surface area contributed by atoms with Gasteiger partial charge in [-0.1, -0.05) is 6.07 Å². The Morgan fingerprint density at radius 2 is 1.74 bits per heavy atom. The number of alkyl halides is 3. The fraction of sp³-hybridized carbons (Fsp3) is 0.350. The number of nitrogens with zero attached hydrogens (tertiary/aromatic N) is 2. The summed E-state index contributed by atoms with van der Waals surface area (Å²) in [5, 5.41) is 3.54. The van der Waals surface area contributed by atoms with Crippen LogP contribution >= 0.6 is 12.2 Å². The number of halogens is 3. The van der Waals surface area contributed by atoms with E-state index in [0.717, 1.165) is 23.6 Å². The fourth-order valence-electron chi connectivity index (χ4n) is 3.12. The number of benzene rings is 2. The Bertz CT molecular complexity index is 1020. The van der Waals surface area contributed by atoms with E-state index < -0.39 is 21.8 Å².